The molecule has 0 radical (unpaired) electrons. The molecule has 2 aromatic rings. The van der Waals surface area contributed by atoms with Crippen LogP contribution in [-0.4, -0.2) is 19.9 Å². The van der Waals surface area contributed by atoms with Crippen molar-refractivity contribution in [1.29, 1.82) is 0 Å². The molecule has 0 saturated heterocycles. The second kappa shape index (κ2) is 4.53. The van der Waals surface area contributed by atoms with E-state index in [1.165, 1.54) is 6.20 Å². The third-order valence-corrected chi connectivity index (χ3v) is 3.57. The molecule has 4 nitrogen and oxygen atoms in total. The molecule has 0 bridgehead atoms. The molecule has 86 valence electrons. The van der Waals surface area contributed by atoms with E-state index >= 15 is 0 Å². The second-order valence-corrected chi connectivity index (χ2v) is 4.95. The highest BCUT2D eigenvalue weighted by Crippen LogP contribution is 2.25. The standard InChI is InChI=1S/C10H12ClN3OS/c1-6-5-16-9(13-6)3-8(15)10-7(11)4-12-14(10)2/h4-5,8,15H,3H2,1-2H3. The van der Waals surface area contributed by atoms with Gasteiger partial charge in [-0.15, -0.1) is 11.3 Å². The molecule has 2 rings (SSSR count). The van der Waals surface area contributed by atoms with Gasteiger partial charge in [0.05, 0.1) is 21.9 Å². The van der Waals surface area contributed by atoms with Crippen LogP contribution >= 0.6 is 22.9 Å². The van der Waals surface area contributed by atoms with Crippen LogP contribution in [0.15, 0.2) is 11.6 Å². The molecule has 1 atom stereocenters. The van der Waals surface area contributed by atoms with Crippen LogP contribution in [0.5, 0.6) is 0 Å². The number of halogens is 1. The van der Waals surface area contributed by atoms with Gasteiger partial charge in [0, 0.05) is 24.5 Å². The third-order valence-electron chi connectivity index (χ3n) is 2.29. The van der Waals surface area contributed by atoms with Crippen LogP contribution in [-0.2, 0) is 13.5 Å². The zero-order valence-corrected chi connectivity index (χ0v) is 10.6. The van der Waals surface area contributed by atoms with Gasteiger partial charge < -0.3 is 5.11 Å². The lowest BCUT2D eigenvalue weighted by Crippen LogP contribution is -2.08. The van der Waals surface area contributed by atoms with E-state index in [0.29, 0.717) is 17.1 Å². The summed E-state index contributed by atoms with van der Waals surface area (Å²) in [4.78, 5) is 4.31. The number of thiazole rings is 1. The minimum absolute atomic E-state index is 0.470. The lowest BCUT2D eigenvalue weighted by atomic mass is 10.2. The number of hydrogen-bond donors (Lipinski definition) is 1. The van der Waals surface area contributed by atoms with Crippen molar-refractivity contribution in [3.05, 3.63) is 33.0 Å². The Morgan fingerprint density at radius 1 is 1.62 bits per heavy atom. The molecule has 0 saturated carbocycles. The highest BCUT2D eigenvalue weighted by atomic mass is 35.5. The summed E-state index contributed by atoms with van der Waals surface area (Å²) in [6.07, 6.45) is 1.34. The van der Waals surface area contributed by atoms with E-state index in [4.69, 9.17) is 11.6 Å². The highest BCUT2D eigenvalue weighted by Gasteiger charge is 2.18. The minimum atomic E-state index is -0.662. The lowest BCUT2D eigenvalue weighted by Gasteiger charge is -2.09. The zero-order chi connectivity index (χ0) is 11.7. The van der Waals surface area contributed by atoms with E-state index in [9.17, 15) is 5.11 Å². The van der Waals surface area contributed by atoms with Gasteiger partial charge in [-0.3, -0.25) is 4.68 Å². The van der Waals surface area contributed by atoms with Crippen molar-refractivity contribution in [2.24, 2.45) is 7.05 Å². The summed E-state index contributed by atoms with van der Waals surface area (Å²) in [7, 11) is 1.76. The van der Waals surface area contributed by atoms with Crippen LogP contribution < -0.4 is 0 Å². The van der Waals surface area contributed by atoms with Crippen LogP contribution in [0.2, 0.25) is 5.02 Å². The number of aliphatic hydroxyl groups excluding tert-OH is 1. The van der Waals surface area contributed by atoms with Gasteiger partial charge >= 0.3 is 0 Å². The molecule has 1 N–H and O–H groups in total. The minimum Gasteiger partial charge on any atom is -0.386 e. The fraction of sp³-hybridized carbons (Fsp3) is 0.400. The van der Waals surface area contributed by atoms with Crippen LogP contribution in [0.4, 0.5) is 0 Å². The second-order valence-electron chi connectivity index (χ2n) is 3.60. The molecule has 0 aliphatic carbocycles. The maximum atomic E-state index is 10.1. The third kappa shape index (κ3) is 2.26. The summed E-state index contributed by atoms with van der Waals surface area (Å²) in [5.41, 5.74) is 1.61. The van der Waals surface area contributed by atoms with Crippen LogP contribution in [0.3, 0.4) is 0 Å². The monoisotopic (exact) mass is 257 g/mol. The Kier molecular flexibility index (Phi) is 3.28. The Morgan fingerprint density at radius 3 is 2.88 bits per heavy atom. The summed E-state index contributed by atoms with van der Waals surface area (Å²) >= 11 is 7.49. The Balaban J connectivity index is 2.17. The number of hydrogen-bond acceptors (Lipinski definition) is 4. The van der Waals surface area contributed by atoms with Gasteiger partial charge in [-0.2, -0.15) is 5.10 Å². The Bertz CT molecular complexity index is 474. The molecule has 0 spiro atoms. The van der Waals surface area contributed by atoms with E-state index < -0.39 is 6.10 Å². The van der Waals surface area contributed by atoms with Gasteiger partial charge in [0.15, 0.2) is 0 Å². The summed E-state index contributed by atoms with van der Waals surface area (Å²) in [6, 6.07) is 0. The van der Waals surface area contributed by atoms with E-state index in [2.05, 4.69) is 10.1 Å². The first kappa shape index (κ1) is 11.6. The summed E-state index contributed by atoms with van der Waals surface area (Å²) in [6.45, 7) is 1.93. The fourth-order valence-corrected chi connectivity index (χ4v) is 2.66. The molecule has 2 aromatic heterocycles. The first-order chi connectivity index (χ1) is 7.58. The molecule has 6 heteroatoms. The first-order valence-electron chi connectivity index (χ1n) is 4.84. The zero-order valence-electron chi connectivity index (χ0n) is 9.01. The van der Waals surface area contributed by atoms with E-state index in [1.807, 2.05) is 12.3 Å². The molecule has 0 fully saturated rings. The van der Waals surface area contributed by atoms with Crippen LogP contribution in [0.1, 0.15) is 22.5 Å². The molecule has 1 unspecified atom stereocenters. The first-order valence-corrected chi connectivity index (χ1v) is 6.10. The molecule has 0 aliphatic rings. The predicted molar refractivity (Wildman–Crippen MR) is 63.7 cm³/mol. The van der Waals surface area contributed by atoms with E-state index in [1.54, 1.807) is 23.1 Å². The molecule has 0 amide bonds. The number of aryl methyl sites for hydroxylation is 2. The van der Waals surface area contributed by atoms with Crippen molar-refractivity contribution in [2.45, 2.75) is 19.4 Å². The molecule has 2 heterocycles. The lowest BCUT2D eigenvalue weighted by molar-refractivity contribution is 0.168. The number of aromatic nitrogens is 3. The maximum Gasteiger partial charge on any atom is 0.103 e. The van der Waals surface area contributed by atoms with Crippen molar-refractivity contribution in [1.82, 2.24) is 14.8 Å². The molecule has 0 aliphatic heterocycles. The molecule has 16 heavy (non-hydrogen) atoms. The van der Waals surface area contributed by atoms with E-state index in [-0.39, 0.29) is 0 Å². The van der Waals surface area contributed by atoms with Crippen molar-refractivity contribution in [2.75, 3.05) is 0 Å². The molecular formula is C10H12ClN3OS. The van der Waals surface area contributed by atoms with Crippen LogP contribution in [0, 0.1) is 6.92 Å². The highest BCUT2D eigenvalue weighted by molar-refractivity contribution is 7.09. The Labute approximate surface area is 103 Å². The van der Waals surface area contributed by atoms with Gasteiger partial charge in [0.2, 0.25) is 0 Å². The Morgan fingerprint density at radius 2 is 2.38 bits per heavy atom. The summed E-state index contributed by atoms with van der Waals surface area (Å²) in [5.74, 6) is 0. The van der Waals surface area contributed by atoms with Crippen LogP contribution in [0.25, 0.3) is 0 Å². The van der Waals surface area contributed by atoms with Gasteiger partial charge in [-0.25, -0.2) is 4.98 Å². The largest absolute Gasteiger partial charge is 0.386 e. The quantitative estimate of drug-likeness (QED) is 0.916. The van der Waals surface area contributed by atoms with Gasteiger partial charge in [0.25, 0.3) is 0 Å². The average molecular weight is 258 g/mol. The topological polar surface area (TPSA) is 50.9 Å². The number of aliphatic hydroxyl groups is 1. The Hall–Kier alpha value is -0.910. The summed E-state index contributed by atoms with van der Waals surface area (Å²) < 4.78 is 1.59. The maximum absolute atomic E-state index is 10.1. The van der Waals surface area contributed by atoms with Crippen molar-refractivity contribution < 1.29 is 5.11 Å². The van der Waals surface area contributed by atoms with Crippen molar-refractivity contribution in [3.63, 3.8) is 0 Å². The van der Waals surface area contributed by atoms with Gasteiger partial charge in [0.1, 0.15) is 6.10 Å². The summed E-state index contributed by atoms with van der Waals surface area (Å²) in [5, 5.41) is 17.4. The molecular weight excluding hydrogens is 246 g/mol. The average Bonchev–Trinajstić information content (AvgIpc) is 2.74. The van der Waals surface area contributed by atoms with E-state index in [0.717, 1.165) is 10.7 Å². The molecule has 0 aromatic carbocycles. The SMILES string of the molecule is Cc1csc(CC(O)c2c(Cl)cnn2C)n1. The van der Waals surface area contributed by atoms with Gasteiger partial charge in [-0.1, -0.05) is 11.6 Å². The fourth-order valence-electron chi connectivity index (χ4n) is 1.55. The number of rotatable bonds is 3. The van der Waals surface area contributed by atoms with Gasteiger partial charge in [-0.05, 0) is 6.92 Å². The van der Waals surface area contributed by atoms with Crippen molar-refractivity contribution in [3.8, 4) is 0 Å². The smallest absolute Gasteiger partial charge is 0.103 e. The van der Waals surface area contributed by atoms with Crippen molar-refractivity contribution >= 4 is 22.9 Å². The number of nitrogens with zero attached hydrogens (tertiary/aromatic N) is 3. The normalized spacial score (nSPS) is 13.0. The predicted octanol–water partition coefficient (Wildman–Crippen LogP) is 2.11.